The number of anilines is 1. The van der Waals surface area contributed by atoms with Gasteiger partial charge in [0.05, 0.1) is 19.4 Å². The van der Waals surface area contributed by atoms with Crippen molar-refractivity contribution in [3.05, 3.63) is 53.6 Å². The van der Waals surface area contributed by atoms with E-state index in [2.05, 4.69) is 36.1 Å². The zero-order valence-electron chi connectivity index (χ0n) is 18.2. The van der Waals surface area contributed by atoms with E-state index in [0.717, 1.165) is 67.5 Å². The number of benzene rings is 2. The van der Waals surface area contributed by atoms with Gasteiger partial charge in [-0.2, -0.15) is 0 Å². The first-order valence-electron chi connectivity index (χ1n) is 11.3. The van der Waals surface area contributed by atoms with E-state index in [4.69, 9.17) is 9.47 Å². The Bertz CT molecular complexity index is 853. The summed E-state index contributed by atoms with van der Waals surface area (Å²) in [5.41, 5.74) is 3.14. The number of nitrogens with zero attached hydrogens (tertiary/aromatic N) is 1. The van der Waals surface area contributed by atoms with Crippen LogP contribution >= 0.6 is 0 Å². The van der Waals surface area contributed by atoms with Crippen LogP contribution in [0.5, 0.6) is 11.5 Å². The number of rotatable bonds is 9. The predicted octanol–water partition coefficient (Wildman–Crippen LogP) is 5.71. The summed E-state index contributed by atoms with van der Waals surface area (Å²) in [5, 5.41) is 0. The summed E-state index contributed by atoms with van der Waals surface area (Å²) < 4.78 is 11.6. The van der Waals surface area contributed by atoms with Crippen LogP contribution in [-0.4, -0.2) is 33.1 Å². The zero-order valence-corrected chi connectivity index (χ0v) is 18.2. The molecule has 2 aliphatic rings. The Morgan fingerprint density at radius 2 is 1.87 bits per heavy atom. The normalized spacial score (nSPS) is 18.1. The topological polar surface area (TPSA) is 38.8 Å². The molecule has 1 heterocycles. The molecule has 1 aliphatic heterocycles. The standard InChI is InChI=1S/C26H33NO3/c1-3-25(20-7-8-20)21-5-4-6-24(15-21)30-18-19-11-13-27(14-12-19)26-16-23(29-2)10-9-22(26)17-28/h4-6,9-10,15-17,19-20,25H,3,7-8,11-14,18H2,1-2H3. The Kier molecular flexibility index (Phi) is 6.61. The minimum atomic E-state index is 0.542. The molecule has 30 heavy (non-hydrogen) atoms. The van der Waals surface area contributed by atoms with E-state index in [-0.39, 0.29) is 0 Å². The van der Waals surface area contributed by atoms with E-state index in [1.165, 1.54) is 24.8 Å². The van der Waals surface area contributed by atoms with Gasteiger partial charge in [0.15, 0.2) is 6.29 Å². The maximum absolute atomic E-state index is 11.4. The molecule has 2 aromatic carbocycles. The number of carbonyl (C=O) groups excluding carboxylic acids is 1. The van der Waals surface area contributed by atoms with Crippen molar-refractivity contribution in [1.29, 1.82) is 0 Å². The van der Waals surface area contributed by atoms with Gasteiger partial charge >= 0.3 is 0 Å². The van der Waals surface area contributed by atoms with Gasteiger partial charge in [-0.15, -0.1) is 0 Å². The maximum atomic E-state index is 11.4. The van der Waals surface area contributed by atoms with E-state index < -0.39 is 0 Å². The van der Waals surface area contributed by atoms with E-state index in [0.29, 0.717) is 11.8 Å². The van der Waals surface area contributed by atoms with Crippen LogP contribution in [0.25, 0.3) is 0 Å². The quantitative estimate of drug-likeness (QED) is 0.499. The second-order valence-electron chi connectivity index (χ2n) is 8.71. The Labute approximate surface area is 180 Å². The molecule has 1 atom stereocenters. The van der Waals surface area contributed by atoms with Gasteiger partial charge in [0.2, 0.25) is 0 Å². The van der Waals surface area contributed by atoms with Crippen LogP contribution in [0.1, 0.15) is 60.9 Å². The van der Waals surface area contributed by atoms with Gasteiger partial charge in [-0.25, -0.2) is 0 Å². The highest BCUT2D eigenvalue weighted by atomic mass is 16.5. The number of aldehydes is 1. The third-order valence-corrected chi connectivity index (χ3v) is 6.72. The molecule has 4 rings (SSSR count). The van der Waals surface area contributed by atoms with Crippen molar-refractivity contribution in [2.75, 3.05) is 31.7 Å². The van der Waals surface area contributed by atoms with Crippen LogP contribution in [0.2, 0.25) is 0 Å². The number of hydrogen-bond donors (Lipinski definition) is 0. The SMILES string of the molecule is CCC(c1cccc(OCC2CCN(c3cc(OC)ccc3C=O)CC2)c1)C1CC1. The number of carbonyl (C=O) groups is 1. The molecular formula is C26H33NO3. The van der Waals surface area contributed by atoms with Crippen molar-refractivity contribution < 1.29 is 14.3 Å². The molecular weight excluding hydrogens is 374 g/mol. The molecule has 1 saturated carbocycles. The second-order valence-corrected chi connectivity index (χ2v) is 8.71. The third-order valence-electron chi connectivity index (χ3n) is 6.72. The fourth-order valence-corrected chi connectivity index (χ4v) is 4.75. The lowest BCUT2D eigenvalue weighted by atomic mass is 9.92. The summed E-state index contributed by atoms with van der Waals surface area (Å²) >= 11 is 0. The third kappa shape index (κ3) is 4.80. The van der Waals surface area contributed by atoms with Gasteiger partial charge in [-0.05, 0) is 79.7 Å². The summed E-state index contributed by atoms with van der Waals surface area (Å²) in [7, 11) is 1.66. The molecule has 0 aromatic heterocycles. The highest BCUT2D eigenvalue weighted by Crippen LogP contribution is 2.44. The Hall–Kier alpha value is -2.49. The summed E-state index contributed by atoms with van der Waals surface area (Å²) in [5.74, 6) is 3.90. The van der Waals surface area contributed by atoms with E-state index >= 15 is 0 Å². The van der Waals surface area contributed by atoms with Crippen LogP contribution in [0, 0.1) is 11.8 Å². The fraction of sp³-hybridized carbons (Fsp3) is 0.500. The van der Waals surface area contributed by atoms with Gasteiger partial charge in [-0.3, -0.25) is 4.79 Å². The average Bonchev–Trinajstić information content (AvgIpc) is 3.63. The first-order valence-corrected chi connectivity index (χ1v) is 11.3. The smallest absolute Gasteiger partial charge is 0.152 e. The van der Waals surface area contributed by atoms with Crippen LogP contribution in [0.4, 0.5) is 5.69 Å². The minimum absolute atomic E-state index is 0.542. The number of hydrogen-bond acceptors (Lipinski definition) is 4. The first kappa shape index (κ1) is 20.8. The molecule has 4 heteroatoms. The molecule has 160 valence electrons. The van der Waals surface area contributed by atoms with E-state index in [9.17, 15) is 4.79 Å². The molecule has 0 radical (unpaired) electrons. The molecule has 0 bridgehead atoms. The minimum Gasteiger partial charge on any atom is -0.497 e. The number of methoxy groups -OCH3 is 1. The fourth-order valence-electron chi connectivity index (χ4n) is 4.75. The van der Waals surface area contributed by atoms with Gasteiger partial charge in [0.25, 0.3) is 0 Å². The van der Waals surface area contributed by atoms with Crippen molar-refractivity contribution in [3.8, 4) is 11.5 Å². The average molecular weight is 408 g/mol. The number of ether oxygens (including phenoxy) is 2. The summed E-state index contributed by atoms with van der Waals surface area (Å²) in [6.07, 6.45) is 7.02. The van der Waals surface area contributed by atoms with Gasteiger partial charge in [-0.1, -0.05) is 19.1 Å². The Morgan fingerprint density at radius 3 is 2.53 bits per heavy atom. The van der Waals surface area contributed by atoms with Crippen LogP contribution in [0.15, 0.2) is 42.5 Å². The summed E-state index contributed by atoms with van der Waals surface area (Å²) in [4.78, 5) is 13.7. The molecule has 1 aliphatic carbocycles. The molecule has 4 nitrogen and oxygen atoms in total. The lowest BCUT2D eigenvalue weighted by molar-refractivity contribution is 0.112. The lowest BCUT2D eigenvalue weighted by Gasteiger charge is -2.34. The van der Waals surface area contributed by atoms with Crippen molar-refractivity contribution in [2.24, 2.45) is 11.8 Å². The maximum Gasteiger partial charge on any atom is 0.152 e. The van der Waals surface area contributed by atoms with Crippen molar-refractivity contribution in [3.63, 3.8) is 0 Å². The largest absolute Gasteiger partial charge is 0.497 e. The zero-order chi connectivity index (χ0) is 20.9. The molecule has 1 unspecified atom stereocenters. The highest BCUT2D eigenvalue weighted by Gasteiger charge is 2.31. The summed E-state index contributed by atoms with van der Waals surface area (Å²) in [6.45, 7) is 4.92. The van der Waals surface area contributed by atoms with Crippen molar-refractivity contribution >= 4 is 12.0 Å². The molecule has 1 saturated heterocycles. The molecule has 0 N–H and O–H groups in total. The van der Waals surface area contributed by atoms with E-state index in [1.54, 1.807) is 7.11 Å². The summed E-state index contributed by atoms with van der Waals surface area (Å²) in [6, 6.07) is 14.4. The van der Waals surface area contributed by atoms with Crippen LogP contribution < -0.4 is 14.4 Å². The molecule has 2 fully saturated rings. The van der Waals surface area contributed by atoms with Gasteiger partial charge < -0.3 is 14.4 Å². The van der Waals surface area contributed by atoms with Crippen LogP contribution in [0.3, 0.4) is 0 Å². The van der Waals surface area contributed by atoms with Crippen LogP contribution in [-0.2, 0) is 0 Å². The van der Waals surface area contributed by atoms with Gasteiger partial charge in [0, 0.05) is 24.7 Å². The van der Waals surface area contributed by atoms with Gasteiger partial charge in [0.1, 0.15) is 11.5 Å². The Morgan fingerprint density at radius 1 is 1.07 bits per heavy atom. The highest BCUT2D eigenvalue weighted by molar-refractivity contribution is 5.85. The molecule has 0 amide bonds. The predicted molar refractivity (Wildman–Crippen MR) is 121 cm³/mol. The lowest BCUT2D eigenvalue weighted by Crippen LogP contribution is -2.36. The molecule has 0 spiro atoms. The van der Waals surface area contributed by atoms with Crippen molar-refractivity contribution in [1.82, 2.24) is 0 Å². The van der Waals surface area contributed by atoms with E-state index in [1.807, 2.05) is 18.2 Å². The molecule has 2 aromatic rings. The first-order chi connectivity index (χ1) is 14.7. The number of piperidine rings is 1. The monoisotopic (exact) mass is 407 g/mol. The Balaban J connectivity index is 1.32. The van der Waals surface area contributed by atoms with Crippen molar-refractivity contribution in [2.45, 2.75) is 44.9 Å². The second kappa shape index (κ2) is 9.55.